The molecule has 12 N–H and O–H groups in total. The Bertz CT molecular complexity index is 3970. The predicted molar refractivity (Wildman–Crippen MR) is 340 cm³/mol. The van der Waals surface area contributed by atoms with Gasteiger partial charge in [-0.15, -0.1) is 0 Å². The van der Waals surface area contributed by atoms with E-state index in [0.717, 1.165) is 66.4 Å². The summed E-state index contributed by atoms with van der Waals surface area (Å²) in [5.41, 5.74) is 9.16. The molecule has 450 valence electrons. The second-order valence-electron chi connectivity index (χ2n) is 21.7. The van der Waals surface area contributed by atoms with Crippen LogP contribution in [0.3, 0.4) is 0 Å². The first-order valence-electron chi connectivity index (χ1n) is 27.2. The van der Waals surface area contributed by atoms with Crippen LogP contribution in [0, 0.1) is 0 Å². The van der Waals surface area contributed by atoms with Crippen LogP contribution in [0.4, 0.5) is 11.4 Å². The summed E-state index contributed by atoms with van der Waals surface area (Å²) in [5, 5.41) is 69.9. The normalized spacial score (nSPS) is 11.0. The number of carbonyl (C=O) groups excluding carboxylic acids is 1. The van der Waals surface area contributed by atoms with Crippen LogP contribution >= 0.6 is 11.3 Å². The second kappa shape index (κ2) is 30.6. The fourth-order valence-electron chi connectivity index (χ4n) is 8.39. The van der Waals surface area contributed by atoms with Crippen LogP contribution in [0.5, 0.6) is 34.5 Å². The average molecular weight is 1190 g/mol. The van der Waals surface area contributed by atoms with Crippen molar-refractivity contribution in [1.82, 2.24) is 15.0 Å². The zero-order chi connectivity index (χ0) is 62.9. The third-order valence-electron chi connectivity index (χ3n) is 13.0. The minimum Gasteiger partial charge on any atom is -0.508 e. The molecule has 0 aliphatic rings. The molecule has 84 heavy (non-hydrogen) atoms. The summed E-state index contributed by atoms with van der Waals surface area (Å²) in [6, 6.07) is 32.3. The first kappa shape index (κ1) is 67.9. The Morgan fingerprint density at radius 3 is 1.46 bits per heavy atom. The van der Waals surface area contributed by atoms with Crippen molar-refractivity contribution >= 4 is 71.2 Å². The summed E-state index contributed by atoms with van der Waals surface area (Å²) in [4.78, 5) is 51.5. The zero-order valence-corrected chi connectivity index (χ0v) is 51.2. The number of hydrogen-bond acceptors (Lipinski definition) is 14. The highest BCUT2D eigenvalue weighted by Gasteiger charge is 2.14. The summed E-state index contributed by atoms with van der Waals surface area (Å²) in [5.74, 6) is 2.76. The van der Waals surface area contributed by atoms with Gasteiger partial charge in [0.1, 0.15) is 40.0 Å². The number of sulfonamides is 1. The molecule has 0 saturated heterocycles. The number of aromatic nitrogens is 3. The number of nitrogens with one attached hydrogen (secondary N) is 5. The van der Waals surface area contributed by atoms with Gasteiger partial charge < -0.3 is 56.0 Å². The molecule has 3 aromatic heterocycles. The van der Waals surface area contributed by atoms with Crippen LogP contribution in [-0.2, 0) is 21.4 Å². The van der Waals surface area contributed by atoms with Crippen molar-refractivity contribution in [2.24, 2.45) is 0 Å². The van der Waals surface area contributed by atoms with Crippen LogP contribution in [0.15, 0.2) is 130 Å². The van der Waals surface area contributed by atoms with Gasteiger partial charge in [-0.25, -0.2) is 8.42 Å². The molecule has 0 saturated carbocycles. The number of aliphatic hydroxyl groups is 1. The maximum Gasteiger partial charge on any atom is 0.305 e. The highest BCUT2D eigenvalue weighted by molar-refractivity contribution is 7.92. The monoisotopic (exact) mass is 1190 g/mol. The molecule has 20 heteroatoms. The Labute approximate surface area is 493 Å². The van der Waals surface area contributed by atoms with Crippen molar-refractivity contribution in [3.8, 4) is 34.5 Å². The maximum atomic E-state index is 11.2. The lowest BCUT2D eigenvalue weighted by molar-refractivity contribution is -0.105. The predicted octanol–water partition coefficient (Wildman–Crippen LogP) is 13.1. The van der Waals surface area contributed by atoms with Gasteiger partial charge >= 0.3 is 4.87 Å². The number of hydrogen-bond donors (Lipinski definition) is 12. The molecule has 6 aromatic carbocycles. The van der Waals surface area contributed by atoms with Gasteiger partial charge in [0, 0.05) is 34.5 Å². The average Bonchev–Trinajstić information content (AvgIpc) is 2.58. The van der Waals surface area contributed by atoms with Gasteiger partial charge in [0.25, 0.3) is 0 Å². The van der Waals surface area contributed by atoms with E-state index >= 15 is 0 Å². The number of phenolic OH excluding ortho intramolecular Hbond substituents is 5. The quantitative estimate of drug-likeness (QED) is 0.0424. The van der Waals surface area contributed by atoms with Crippen molar-refractivity contribution in [1.29, 1.82) is 0 Å². The molecule has 1 amide bonds. The van der Waals surface area contributed by atoms with Crippen molar-refractivity contribution in [3.05, 3.63) is 185 Å². The third kappa shape index (κ3) is 19.5. The van der Waals surface area contributed by atoms with Gasteiger partial charge in [-0.05, 0) is 136 Å². The van der Waals surface area contributed by atoms with Crippen molar-refractivity contribution in [3.63, 3.8) is 0 Å². The lowest BCUT2D eigenvalue weighted by Gasteiger charge is -2.10. The van der Waals surface area contributed by atoms with Crippen LogP contribution < -0.4 is 26.0 Å². The molecule has 0 aliphatic heterocycles. The number of aromatic hydroxyl groups is 6. The molecule has 3 heterocycles. The van der Waals surface area contributed by atoms with Gasteiger partial charge in [-0.1, -0.05) is 125 Å². The largest absolute Gasteiger partial charge is 0.508 e. The van der Waals surface area contributed by atoms with E-state index in [2.05, 4.69) is 94.2 Å². The molecule has 0 radical (unpaired) electrons. The molecule has 0 fully saturated rings. The summed E-state index contributed by atoms with van der Waals surface area (Å²) in [6.45, 7) is 24.5. The molecule has 0 bridgehead atoms. The molecular formula is C64H79N5O13S2. The Morgan fingerprint density at radius 2 is 0.952 bits per heavy atom. The number of aromatic amines is 3. The maximum absolute atomic E-state index is 11.2. The summed E-state index contributed by atoms with van der Waals surface area (Å²) >= 11 is 1.15. The number of amides is 1. The van der Waals surface area contributed by atoms with Crippen LogP contribution in [0.1, 0.15) is 158 Å². The minimum atomic E-state index is -3.35. The van der Waals surface area contributed by atoms with Crippen molar-refractivity contribution < 1.29 is 49.0 Å². The summed E-state index contributed by atoms with van der Waals surface area (Å²) in [7, 11) is -3.35. The number of H-pyrrole nitrogens is 3. The lowest BCUT2D eigenvalue weighted by atomic mass is 9.98. The van der Waals surface area contributed by atoms with Crippen LogP contribution in [-0.4, -0.2) is 71.8 Å². The standard InChI is InChI=1S/2C12H13NO2.C10H15NO3S.C10H11NO2S.C10H13NO2.C10H14O2/c1-7(2)8-3-5-10(14)12-9(8)4-6-11(15)13-12;1-7(2)10-5-8(14)6-11-9(10)3-4-12(15)13-11;1-7(2)8-4-5-10(12)9(6-8)11-15(3,13)14;1-5(2)6-3-4-7(12)8-9(6)14-10(13)11-8;1-7(2)8-3-4-10(13)9(5-8)11-6-12;1-7(2)8-3-4-10(12)9(5-8)6-11/h2*3-7,14H,1-2H3,(H,13,15);4-7,11-12H,1-3H3;3-5,12H,1-2H3,(H,11,13);3-7,13H,1-2H3,(H,11,12);3-5,7,11-12H,6H2,1-2H3. The van der Waals surface area contributed by atoms with E-state index in [9.17, 15) is 58.2 Å². The number of rotatable bonds is 11. The van der Waals surface area contributed by atoms with Crippen LogP contribution in [0.2, 0.25) is 0 Å². The molecule has 0 atom stereocenters. The highest BCUT2D eigenvalue weighted by Crippen LogP contribution is 2.34. The van der Waals surface area contributed by atoms with E-state index in [1.807, 2.05) is 44.2 Å². The van der Waals surface area contributed by atoms with Crippen molar-refractivity contribution in [2.75, 3.05) is 16.3 Å². The molecule has 9 rings (SSSR count). The SMILES string of the molecule is CC(C)c1cc(O)cc2[nH]c(=O)ccc12.CC(C)c1ccc(O)c(CO)c1.CC(C)c1ccc(O)c(NC=O)c1.CC(C)c1ccc(O)c(NS(C)(=O)=O)c1.CC(C)c1ccc(O)c2[nH]c(=O)ccc12.CC(C)c1ccc(O)c2[nH]c(=O)sc12. The Hall–Kier alpha value is -8.59. The number of aliphatic hydroxyl groups excluding tert-OH is 1. The number of benzene rings is 6. The first-order valence-corrected chi connectivity index (χ1v) is 29.9. The fraction of sp³-hybridized carbons (Fsp3) is 0.312. The number of carbonyl (C=O) groups is 1. The Balaban J connectivity index is 0.000000217. The second-order valence-corrected chi connectivity index (χ2v) is 24.4. The molecule has 0 aliphatic carbocycles. The van der Waals surface area contributed by atoms with E-state index in [1.165, 1.54) is 18.2 Å². The number of phenols is 6. The lowest BCUT2D eigenvalue weighted by Crippen LogP contribution is -2.10. The molecule has 0 spiro atoms. The van der Waals surface area contributed by atoms with E-state index in [0.29, 0.717) is 63.8 Å². The summed E-state index contributed by atoms with van der Waals surface area (Å²) in [6.07, 6.45) is 1.60. The highest BCUT2D eigenvalue weighted by atomic mass is 32.2. The first-order chi connectivity index (χ1) is 39.3. The van der Waals surface area contributed by atoms with E-state index in [-0.39, 0.29) is 68.7 Å². The Morgan fingerprint density at radius 1 is 0.488 bits per heavy atom. The third-order valence-corrected chi connectivity index (χ3v) is 14.6. The van der Waals surface area contributed by atoms with E-state index in [4.69, 9.17) is 5.11 Å². The molecule has 0 unspecified atom stereocenters. The van der Waals surface area contributed by atoms with E-state index < -0.39 is 10.0 Å². The number of thiazole rings is 1. The van der Waals surface area contributed by atoms with Gasteiger partial charge in [-0.2, -0.15) is 0 Å². The topological polar surface area (TPSA) is 315 Å². The molecular weight excluding hydrogens is 1110 g/mol. The van der Waals surface area contributed by atoms with Crippen molar-refractivity contribution in [2.45, 2.75) is 125 Å². The molecule has 18 nitrogen and oxygen atoms in total. The molecule has 9 aromatic rings. The number of pyridine rings is 2. The van der Waals surface area contributed by atoms with Crippen LogP contribution in [0.25, 0.3) is 32.0 Å². The van der Waals surface area contributed by atoms with E-state index in [1.54, 1.807) is 66.7 Å². The number of fused-ring (bicyclic) bond motifs is 3. The van der Waals surface area contributed by atoms with Gasteiger partial charge in [0.05, 0.1) is 40.0 Å². The minimum absolute atomic E-state index is 0.0650. The Kier molecular flexibility index (Phi) is 24.8. The van der Waals surface area contributed by atoms with Gasteiger partial charge in [0.15, 0.2) is 0 Å². The number of anilines is 2. The summed E-state index contributed by atoms with van der Waals surface area (Å²) < 4.78 is 25.2. The fourth-order valence-corrected chi connectivity index (χ4v) is 9.97. The zero-order valence-electron chi connectivity index (χ0n) is 49.6. The smallest absolute Gasteiger partial charge is 0.305 e. The van der Waals surface area contributed by atoms with Gasteiger partial charge in [0.2, 0.25) is 27.6 Å². The van der Waals surface area contributed by atoms with Gasteiger partial charge in [-0.3, -0.25) is 23.9 Å².